The zero-order valence-corrected chi connectivity index (χ0v) is 11.4. The van der Waals surface area contributed by atoms with Crippen LogP contribution in [-0.4, -0.2) is 15.7 Å². The fourth-order valence-corrected chi connectivity index (χ4v) is 2.89. The molecule has 3 rings (SSSR count). The van der Waals surface area contributed by atoms with E-state index in [1.165, 1.54) is 11.1 Å². The van der Waals surface area contributed by atoms with Gasteiger partial charge in [0.05, 0.1) is 5.69 Å². The van der Waals surface area contributed by atoms with Gasteiger partial charge in [0.25, 0.3) is 0 Å². The molecule has 1 aliphatic heterocycles. The van der Waals surface area contributed by atoms with Crippen molar-refractivity contribution in [3.63, 3.8) is 0 Å². The number of benzene rings is 1. The summed E-state index contributed by atoms with van der Waals surface area (Å²) in [5.41, 5.74) is 5.49. The van der Waals surface area contributed by atoms with Crippen molar-refractivity contribution in [2.45, 2.75) is 26.2 Å². The summed E-state index contributed by atoms with van der Waals surface area (Å²) in [6, 6.07) is 6.06. The molecule has 1 N–H and O–H groups in total. The second-order valence-electron chi connectivity index (χ2n) is 5.22. The quantitative estimate of drug-likeness (QED) is 0.851. The SMILES string of the molecule is Cc1nn(C)cc1-c1cccc2c1C(C)CC(=O)N2. The Morgan fingerprint density at radius 3 is 2.84 bits per heavy atom. The lowest BCUT2D eigenvalue weighted by Crippen LogP contribution is -2.22. The summed E-state index contributed by atoms with van der Waals surface area (Å²) >= 11 is 0. The Hall–Kier alpha value is -2.10. The molecule has 0 spiro atoms. The van der Waals surface area contributed by atoms with Crippen molar-refractivity contribution >= 4 is 11.6 Å². The maximum Gasteiger partial charge on any atom is 0.224 e. The average molecular weight is 255 g/mol. The molecule has 0 saturated carbocycles. The number of aromatic nitrogens is 2. The molecule has 1 aliphatic rings. The summed E-state index contributed by atoms with van der Waals surface area (Å²) in [4.78, 5) is 11.6. The second-order valence-corrected chi connectivity index (χ2v) is 5.22. The van der Waals surface area contributed by atoms with Gasteiger partial charge in [0.2, 0.25) is 5.91 Å². The maximum absolute atomic E-state index is 11.6. The number of nitrogens with zero attached hydrogens (tertiary/aromatic N) is 2. The Morgan fingerprint density at radius 2 is 2.16 bits per heavy atom. The van der Waals surface area contributed by atoms with Crippen LogP contribution in [-0.2, 0) is 11.8 Å². The molecule has 1 aromatic heterocycles. The van der Waals surface area contributed by atoms with Crippen LogP contribution in [0.1, 0.15) is 30.5 Å². The van der Waals surface area contributed by atoms with Crippen LogP contribution in [0, 0.1) is 6.92 Å². The normalized spacial score (nSPS) is 18.1. The average Bonchev–Trinajstić information content (AvgIpc) is 2.67. The Bertz CT molecular complexity index is 657. The van der Waals surface area contributed by atoms with Crippen molar-refractivity contribution in [1.82, 2.24) is 9.78 Å². The minimum absolute atomic E-state index is 0.0973. The monoisotopic (exact) mass is 255 g/mol. The van der Waals surface area contributed by atoms with Crippen LogP contribution in [0.5, 0.6) is 0 Å². The highest BCUT2D eigenvalue weighted by Gasteiger charge is 2.25. The van der Waals surface area contributed by atoms with Gasteiger partial charge in [-0.1, -0.05) is 19.1 Å². The van der Waals surface area contributed by atoms with E-state index in [-0.39, 0.29) is 11.8 Å². The summed E-state index contributed by atoms with van der Waals surface area (Å²) in [5, 5.41) is 7.37. The molecule has 4 heteroatoms. The third kappa shape index (κ3) is 1.93. The van der Waals surface area contributed by atoms with Gasteiger partial charge in [0.15, 0.2) is 0 Å². The largest absolute Gasteiger partial charge is 0.326 e. The molecule has 0 fully saturated rings. The number of nitrogens with one attached hydrogen (secondary N) is 1. The number of anilines is 1. The Labute approximate surface area is 112 Å². The number of fused-ring (bicyclic) bond motifs is 1. The topological polar surface area (TPSA) is 46.9 Å². The zero-order chi connectivity index (χ0) is 13.6. The minimum Gasteiger partial charge on any atom is -0.326 e. The van der Waals surface area contributed by atoms with Crippen molar-refractivity contribution in [2.24, 2.45) is 7.05 Å². The highest BCUT2D eigenvalue weighted by Crippen LogP contribution is 2.39. The van der Waals surface area contributed by atoms with Gasteiger partial charge in [-0.05, 0) is 30.0 Å². The van der Waals surface area contributed by atoms with Crippen molar-refractivity contribution in [2.75, 3.05) is 5.32 Å². The van der Waals surface area contributed by atoms with E-state index in [0.717, 1.165) is 16.9 Å². The molecule has 4 nitrogen and oxygen atoms in total. The second kappa shape index (κ2) is 4.23. The highest BCUT2D eigenvalue weighted by molar-refractivity contribution is 5.96. The third-order valence-electron chi connectivity index (χ3n) is 3.67. The van der Waals surface area contributed by atoms with Gasteiger partial charge in [0.1, 0.15) is 0 Å². The number of carbonyl (C=O) groups excluding carboxylic acids is 1. The summed E-state index contributed by atoms with van der Waals surface area (Å²) in [7, 11) is 1.93. The first kappa shape index (κ1) is 12.0. The van der Waals surface area contributed by atoms with Gasteiger partial charge >= 0.3 is 0 Å². The zero-order valence-electron chi connectivity index (χ0n) is 11.4. The lowest BCUT2D eigenvalue weighted by atomic mass is 9.86. The van der Waals surface area contributed by atoms with Crippen LogP contribution in [0.25, 0.3) is 11.1 Å². The Kier molecular flexibility index (Phi) is 2.66. The van der Waals surface area contributed by atoms with Crippen molar-refractivity contribution in [1.29, 1.82) is 0 Å². The van der Waals surface area contributed by atoms with E-state index in [0.29, 0.717) is 6.42 Å². The molecule has 1 unspecified atom stereocenters. The summed E-state index contributed by atoms with van der Waals surface area (Å²) in [5.74, 6) is 0.333. The van der Waals surface area contributed by atoms with Gasteiger partial charge in [0, 0.05) is 30.9 Å². The summed E-state index contributed by atoms with van der Waals surface area (Å²) < 4.78 is 1.83. The third-order valence-corrected chi connectivity index (χ3v) is 3.67. The molecule has 1 amide bonds. The molecule has 2 heterocycles. The van der Waals surface area contributed by atoms with E-state index in [4.69, 9.17) is 0 Å². The number of hydrogen-bond acceptors (Lipinski definition) is 2. The van der Waals surface area contributed by atoms with Crippen LogP contribution < -0.4 is 5.32 Å². The highest BCUT2D eigenvalue weighted by atomic mass is 16.1. The van der Waals surface area contributed by atoms with Crippen molar-refractivity contribution < 1.29 is 4.79 Å². The fraction of sp³-hybridized carbons (Fsp3) is 0.333. The maximum atomic E-state index is 11.6. The molecule has 0 bridgehead atoms. The van der Waals surface area contributed by atoms with E-state index in [1.54, 1.807) is 0 Å². The first-order valence-electron chi connectivity index (χ1n) is 6.49. The molecular formula is C15H17N3O. The molecule has 0 saturated heterocycles. The van der Waals surface area contributed by atoms with E-state index >= 15 is 0 Å². The van der Waals surface area contributed by atoms with Gasteiger partial charge in [-0.2, -0.15) is 5.10 Å². The lowest BCUT2D eigenvalue weighted by Gasteiger charge is -2.25. The van der Waals surface area contributed by atoms with Gasteiger partial charge in [-0.15, -0.1) is 0 Å². The van der Waals surface area contributed by atoms with E-state index in [2.05, 4.69) is 23.4 Å². The molecule has 19 heavy (non-hydrogen) atoms. The molecule has 0 radical (unpaired) electrons. The Morgan fingerprint density at radius 1 is 1.37 bits per heavy atom. The molecular weight excluding hydrogens is 238 g/mol. The van der Waals surface area contributed by atoms with Crippen molar-refractivity contribution in [3.8, 4) is 11.1 Å². The summed E-state index contributed by atoms with van der Waals surface area (Å²) in [6.45, 7) is 4.12. The molecule has 2 aromatic rings. The number of aryl methyl sites for hydroxylation is 2. The standard InChI is InChI=1S/C15H17N3O/c1-9-7-14(19)16-13-6-4-5-11(15(9)13)12-8-18(3)17-10(12)2/h4-6,8-9H,7H2,1-3H3,(H,16,19). The molecule has 0 aliphatic carbocycles. The van der Waals surface area contributed by atoms with Crippen LogP contribution in [0.2, 0.25) is 0 Å². The first-order chi connectivity index (χ1) is 9.06. The van der Waals surface area contributed by atoms with Crippen LogP contribution in [0.3, 0.4) is 0 Å². The number of amides is 1. The number of rotatable bonds is 1. The molecule has 98 valence electrons. The van der Waals surface area contributed by atoms with E-state index in [1.807, 2.05) is 37.0 Å². The van der Waals surface area contributed by atoms with Crippen LogP contribution in [0.4, 0.5) is 5.69 Å². The number of carbonyl (C=O) groups is 1. The summed E-state index contributed by atoms with van der Waals surface area (Å²) in [6.07, 6.45) is 2.58. The van der Waals surface area contributed by atoms with Crippen molar-refractivity contribution in [3.05, 3.63) is 35.7 Å². The predicted molar refractivity (Wildman–Crippen MR) is 75.0 cm³/mol. The van der Waals surface area contributed by atoms with Gasteiger partial charge in [-0.3, -0.25) is 9.48 Å². The predicted octanol–water partition coefficient (Wildman–Crippen LogP) is 2.84. The molecule has 1 aromatic carbocycles. The Balaban J connectivity index is 2.21. The van der Waals surface area contributed by atoms with E-state index < -0.39 is 0 Å². The fourth-order valence-electron chi connectivity index (χ4n) is 2.89. The molecule has 1 atom stereocenters. The first-order valence-corrected chi connectivity index (χ1v) is 6.49. The number of hydrogen-bond donors (Lipinski definition) is 1. The minimum atomic E-state index is 0.0973. The lowest BCUT2D eigenvalue weighted by molar-refractivity contribution is -0.116. The van der Waals surface area contributed by atoms with E-state index in [9.17, 15) is 4.79 Å². The van der Waals surface area contributed by atoms with Gasteiger partial charge < -0.3 is 5.32 Å². The van der Waals surface area contributed by atoms with Crippen LogP contribution >= 0.6 is 0 Å². The van der Waals surface area contributed by atoms with Crippen LogP contribution in [0.15, 0.2) is 24.4 Å². The van der Waals surface area contributed by atoms with Gasteiger partial charge in [-0.25, -0.2) is 0 Å². The smallest absolute Gasteiger partial charge is 0.224 e.